The molecular weight excluding hydrogens is 254 g/mol. The Kier molecular flexibility index (Phi) is 3.72. The molecule has 1 saturated heterocycles. The van der Waals surface area contributed by atoms with Crippen molar-refractivity contribution in [2.75, 3.05) is 20.1 Å². The molecule has 1 aliphatic heterocycles. The SMILES string of the molecule is CN(Cc1ccc(Br)nc1)C1CCNC1. The van der Waals surface area contributed by atoms with Crippen LogP contribution >= 0.6 is 15.9 Å². The van der Waals surface area contributed by atoms with Gasteiger partial charge in [-0.05, 0) is 47.6 Å². The predicted octanol–water partition coefficient (Wildman–Crippen LogP) is 1.64. The third-order valence-electron chi connectivity index (χ3n) is 2.88. The number of aromatic nitrogens is 1. The third kappa shape index (κ3) is 3.00. The molecule has 1 aromatic rings. The molecule has 4 heteroatoms. The zero-order valence-corrected chi connectivity index (χ0v) is 10.5. The van der Waals surface area contributed by atoms with Crippen molar-refractivity contribution in [1.29, 1.82) is 0 Å². The number of nitrogens with zero attached hydrogens (tertiary/aromatic N) is 2. The highest BCUT2D eigenvalue weighted by Gasteiger charge is 2.18. The van der Waals surface area contributed by atoms with E-state index in [1.165, 1.54) is 12.0 Å². The molecule has 1 atom stereocenters. The molecule has 1 N–H and O–H groups in total. The maximum absolute atomic E-state index is 4.23. The maximum Gasteiger partial charge on any atom is 0.106 e. The fourth-order valence-electron chi connectivity index (χ4n) is 1.93. The second kappa shape index (κ2) is 5.05. The summed E-state index contributed by atoms with van der Waals surface area (Å²) in [7, 11) is 2.18. The number of hydrogen-bond acceptors (Lipinski definition) is 3. The highest BCUT2D eigenvalue weighted by molar-refractivity contribution is 9.10. The molecule has 0 saturated carbocycles. The number of rotatable bonds is 3. The summed E-state index contributed by atoms with van der Waals surface area (Å²) in [6.45, 7) is 3.24. The van der Waals surface area contributed by atoms with Crippen LogP contribution in [-0.4, -0.2) is 36.1 Å². The first-order valence-corrected chi connectivity index (χ1v) is 6.06. The van der Waals surface area contributed by atoms with Gasteiger partial charge in [0.15, 0.2) is 0 Å². The summed E-state index contributed by atoms with van der Waals surface area (Å²) in [5.41, 5.74) is 1.27. The molecule has 82 valence electrons. The molecular formula is C11H16BrN3. The van der Waals surface area contributed by atoms with Crippen molar-refractivity contribution in [2.45, 2.75) is 19.0 Å². The van der Waals surface area contributed by atoms with Crippen molar-refractivity contribution in [1.82, 2.24) is 15.2 Å². The first kappa shape index (κ1) is 11.0. The van der Waals surface area contributed by atoms with Crippen molar-refractivity contribution < 1.29 is 0 Å². The summed E-state index contributed by atoms with van der Waals surface area (Å²) in [5, 5.41) is 3.38. The largest absolute Gasteiger partial charge is 0.315 e. The van der Waals surface area contributed by atoms with Gasteiger partial charge in [-0.25, -0.2) is 4.98 Å². The van der Waals surface area contributed by atoms with Gasteiger partial charge in [0, 0.05) is 25.3 Å². The van der Waals surface area contributed by atoms with E-state index in [4.69, 9.17) is 0 Å². The smallest absolute Gasteiger partial charge is 0.106 e. The summed E-state index contributed by atoms with van der Waals surface area (Å²) in [6.07, 6.45) is 3.18. The molecule has 0 aromatic carbocycles. The average molecular weight is 270 g/mol. The Morgan fingerprint density at radius 1 is 1.60 bits per heavy atom. The van der Waals surface area contributed by atoms with Crippen LogP contribution in [0.3, 0.4) is 0 Å². The standard InChI is InChI=1S/C11H16BrN3/c1-15(10-4-5-13-7-10)8-9-2-3-11(12)14-6-9/h2-3,6,10,13H,4-5,7-8H2,1H3. The minimum atomic E-state index is 0.675. The zero-order chi connectivity index (χ0) is 10.7. The normalized spacial score (nSPS) is 21.1. The van der Waals surface area contributed by atoms with E-state index in [0.29, 0.717) is 6.04 Å². The Labute approximate surface area is 99.0 Å². The summed E-state index contributed by atoms with van der Waals surface area (Å²) >= 11 is 3.34. The van der Waals surface area contributed by atoms with Crippen molar-refractivity contribution in [3.63, 3.8) is 0 Å². The molecule has 0 amide bonds. The second-order valence-electron chi connectivity index (χ2n) is 4.05. The van der Waals surface area contributed by atoms with Crippen LogP contribution in [0, 0.1) is 0 Å². The molecule has 3 nitrogen and oxygen atoms in total. The van der Waals surface area contributed by atoms with Crippen molar-refractivity contribution in [2.24, 2.45) is 0 Å². The lowest BCUT2D eigenvalue weighted by Gasteiger charge is -2.23. The van der Waals surface area contributed by atoms with Crippen LogP contribution < -0.4 is 5.32 Å². The van der Waals surface area contributed by atoms with Gasteiger partial charge < -0.3 is 5.32 Å². The lowest BCUT2D eigenvalue weighted by molar-refractivity contribution is 0.248. The van der Waals surface area contributed by atoms with Gasteiger partial charge in [0.2, 0.25) is 0 Å². The molecule has 0 radical (unpaired) electrons. The lowest BCUT2D eigenvalue weighted by Crippen LogP contribution is -2.32. The summed E-state index contributed by atoms with van der Waals surface area (Å²) in [5.74, 6) is 0. The van der Waals surface area contributed by atoms with E-state index in [9.17, 15) is 0 Å². The quantitative estimate of drug-likeness (QED) is 0.846. The first-order valence-electron chi connectivity index (χ1n) is 5.27. The molecule has 1 aromatic heterocycles. The Balaban J connectivity index is 1.92. The molecule has 1 fully saturated rings. The fourth-order valence-corrected chi connectivity index (χ4v) is 2.17. The molecule has 0 aliphatic carbocycles. The number of likely N-dealkylation sites (N-methyl/N-ethyl adjacent to an activating group) is 1. The van der Waals surface area contributed by atoms with Crippen molar-refractivity contribution >= 4 is 15.9 Å². The van der Waals surface area contributed by atoms with Gasteiger partial charge in [-0.2, -0.15) is 0 Å². The molecule has 1 aliphatic rings. The highest BCUT2D eigenvalue weighted by atomic mass is 79.9. The summed E-state index contributed by atoms with van der Waals surface area (Å²) in [4.78, 5) is 6.63. The topological polar surface area (TPSA) is 28.2 Å². The number of halogens is 1. The Morgan fingerprint density at radius 2 is 2.47 bits per heavy atom. The van der Waals surface area contributed by atoms with Gasteiger partial charge in [-0.1, -0.05) is 6.07 Å². The van der Waals surface area contributed by atoms with E-state index in [1.807, 2.05) is 12.3 Å². The van der Waals surface area contributed by atoms with Crippen LogP contribution in [-0.2, 0) is 6.54 Å². The monoisotopic (exact) mass is 269 g/mol. The third-order valence-corrected chi connectivity index (χ3v) is 3.35. The van der Waals surface area contributed by atoms with Gasteiger partial charge in [0.1, 0.15) is 4.60 Å². The first-order chi connectivity index (χ1) is 7.25. The average Bonchev–Trinajstić information content (AvgIpc) is 2.74. The molecule has 2 rings (SSSR count). The zero-order valence-electron chi connectivity index (χ0n) is 8.91. The maximum atomic E-state index is 4.23. The van der Waals surface area contributed by atoms with Crippen LogP contribution in [0.4, 0.5) is 0 Å². The van der Waals surface area contributed by atoms with Crippen LogP contribution in [0.1, 0.15) is 12.0 Å². The minimum absolute atomic E-state index is 0.675. The molecule has 0 bridgehead atoms. The van der Waals surface area contributed by atoms with Crippen molar-refractivity contribution in [3.05, 3.63) is 28.5 Å². The van der Waals surface area contributed by atoms with Gasteiger partial charge in [-0.3, -0.25) is 4.90 Å². The van der Waals surface area contributed by atoms with Gasteiger partial charge in [-0.15, -0.1) is 0 Å². The van der Waals surface area contributed by atoms with Gasteiger partial charge in [0.05, 0.1) is 0 Å². The van der Waals surface area contributed by atoms with Gasteiger partial charge >= 0.3 is 0 Å². The van der Waals surface area contributed by atoms with E-state index in [2.05, 4.69) is 44.2 Å². The fraction of sp³-hybridized carbons (Fsp3) is 0.545. The van der Waals surface area contributed by atoms with Crippen molar-refractivity contribution in [3.8, 4) is 0 Å². The number of hydrogen-bond donors (Lipinski definition) is 1. The van der Waals surface area contributed by atoms with Crippen LogP contribution in [0.5, 0.6) is 0 Å². The highest BCUT2D eigenvalue weighted by Crippen LogP contribution is 2.12. The predicted molar refractivity (Wildman–Crippen MR) is 64.7 cm³/mol. The van der Waals surface area contributed by atoms with E-state index >= 15 is 0 Å². The van der Waals surface area contributed by atoms with E-state index in [1.54, 1.807) is 0 Å². The Bertz CT molecular complexity index is 306. The Hall–Kier alpha value is -0.450. The minimum Gasteiger partial charge on any atom is -0.315 e. The van der Waals surface area contributed by atoms with E-state index in [0.717, 1.165) is 24.2 Å². The molecule has 2 heterocycles. The van der Waals surface area contributed by atoms with Gasteiger partial charge in [0.25, 0.3) is 0 Å². The molecule has 15 heavy (non-hydrogen) atoms. The summed E-state index contributed by atoms with van der Waals surface area (Å²) < 4.78 is 0.899. The Morgan fingerprint density at radius 3 is 3.07 bits per heavy atom. The summed E-state index contributed by atoms with van der Waals surface area (Å²) in [6, 6.07) is 4.79. The van der Waals surface area contributed by atoms with E-state index in [-0.39, 0.29) is 0 Å². The van der Waals surface area contributed by atoms with Crippen LogP contribution in [0.15, 0.2) is 22.9 Å². The molecule has 0 spiro atoms. The lowest BCUT2D eigenvalue weighted by atomic mass is 10.2. The van der Waals surface area contributed by atoms with Crippen LogP contribution in [0.2, 0.25) is 0 Å². The van der Waals surface area contributed by atoms with Crippen LogP contribution in [0.25, 0.3) is 0 Å². The molecule has 1 unspecified atom stereocenters. The number of pyridine rings is 1. The van der Waals surface area contributed by atoms with E-state index < -0.39 is 0 Å². The second-order valence-corrected chi connectivity index (χ2v) is 4.86. The number of nitrogens with one attached hydrogen (secondary N) is 1.